The number of anilines is 1. The van der Waals surface area contributed by atoms with E-state index in [0.717, 1.165) is 5.75 Å². The van der Waals surface area contributed by atoms with Crippen molar-refractivity contribution >= 4 is 33.1 Å². The average Bonchev–Trinajstić information content (AvgIpc) is 2.93. The molecule has 1 N–H and O–H groups in total. The molecule has 0 unspecified atom stereocenters. The Bertz CT molecular complexity index is 958. The van der Waals surface area contributed by atoms with Crippen molar-refractivity contribution in [3.8, 4) is 5.75 Å². The molecule has 0 bridgehead atoms. The highest BCUT2D eigenvalue weighted by Crippen LogP contribution is 2.27. The summed E-state index contributed by atoms with van der Waals surface area (Å²) in [6.45, 7) is 4.21. The summed E-state index contributed by atoms with van der Waals surface area (Å²) in [7, 11) is 1.59. The molecule has 1 aromatic carbocycles. The van der Waals surface area contributed by atoms with Crippen LogP contribution in [0.25, 0.3) is 10.2 Å². The standard InChI is InChI=1S/C17H17N3O3S/c1-4-20-9-18-16-13(17(20)22)10(2)14(24-16)15(21)19-11-5-7-12(23-3)8-6-11/h5-9H,4H2,1-3H3,(H,19,21). The van der Waals surface area contributed by atoms with Gasteiger partial charge in [0.2, 0.25) is 0 Å². The summed E-state index contributed by atoms with van der Waals surface area (Å²) in [5.41, 5.74) is 1.22. The van der Waals surface area contributed by atoms with Crippen LogP contribution in [0.4, 0.5) is 5.69 Å². The van der Waals surface area contributed by atoms with Gasteiger partial charge >= 0.3 is 0 Å². The molecule has 0 atom stereocenters. The molecular weight excluding hydrogens is 326 g/mol. The summed E-state index contributed by atoms with van der Waals surface area (Å²) >= 11 is 1.23. The van der Waals surface area contributed by atoms with Gasteiger partial charge in [-0.3, -0.25) is 14.2 Å². The number of nitrogens with one attached hydrogen (secondary N) is 1. The number of aromatic nitrogens is 2. The van der Waals surface area contributed by atoms with Crippen LogP contribution in [0.5, 0.6) is 5.75 Å². The van der Waals surface area contributed by atoms with Crippen LogP contribution in [-0.4, -0.2) is 22.6 Å². The lowest BCUT2D eigenvalue weighted by atomic mass is 10.2. The highest BCUT2D eigenvalue weighted by Gasteiger charge is 2.19. The van der Waals surface area contributed by atoms with Crippen molar-refractivity contribution in [3.63, 3.8) is 0 Å². The predicted octanol–water partition coefficient (Wildman–Crippen LogP) is 3.05. The number of amides is 1. The van der Waals surface area contributed by atoms with E-state index in [4.69, 9.17) is 4.74 Å². The minimum Gasteiger partial charge on any atom is -0.497 e. The Hall–Kier alpha value is -2.67. The number of benzene rings is 1. The van der Waals surface area contributed by atoms with E-state index in [1.165, 1.54) is 22.2 Å². The first kappa shape index (κ1) is 16.2. The van der Waals surface area contributed by atoms with Crippen LogP contribution < -0.4 is 15.6 Å². The lowest BCUT2D eigenvalue weighted by Crippen LogP contribution is -2.19. The number of carbonyl (C=O) groups excluding carboxylic acids is 1. The number of fused-ring (bicyclic) bond motifs is 1. The molecule has 0 aliphatic rings. The molecular formula is C17H17N3O3S. The van der Waals surface area contributed by atoms with Gasteiger partial charge in [-0.25, -0.2) is 4.98 Å². The molecule has 24 heavy (non-hydrogen) atoms. The van der Waals surface area contributed by atoms with Crippen molar-refractivity contribution in [1.29, 1.82) is 0 Å². The van der Waals surface area contributed by atoms with Gasteiger partial charge in [0.05, 0.1) is 23.7 Å². The lowest BCUT2D eigenvalue weighted by Gasteiger charge is -2.05. The van der Waals surface area contributed by atoms with E-state index in [2.05, 4.69) is 10.3 Å². The van der Waals surface area contributed by atoms with Crippen molar-refractivity contribution in [1.82, 2.24) is 9.55 Å². The Labute approximate surface area is 142 Å². The van der Waals surface area contributed by atoms with E-state index in [0.29, 0.717) is 32.9 Å². The Morgan fingerprint density at radius 1 is 1.33 bits per heavy atom. The molecule has 6 nitrogen and oxygen atoms in total. The zero-order chi connectivity index (χ0) is 17.3. The third kappa shape index (κ3) is 2.78. The maximum absolute atomic E-state index is 12.6. The van der Waals surface area contributed by atoms with Crippen LogP contribution in [0, 0.1) is 6.92 Å². The minimum absolute atomic E-state index is 0.111. The number of thiophene rings is 1. The van der Waals surface area contributed by atoms with E-state index < -0.39 is 0 Å². The number of methoxy groups -OCH3 is 1. The van der Waals surface area contributed by atoms with Crippen molar-refractivity contribution in [3.05, 3.63) is 51.4 Å². The van der Waals surface area contributed by atoms with Gasteiger partial charge in [-0.05, 0) is 43.7 Å². The van der Waals surface area contributed by atoms with Gasteiger partial charge < -0.3 is 10.1 Å². The van der Waals surface area contributed by atoms with Gasteiger partial charge in [0.15, 0.2) is 0 Å². The molecule has 124 valence electrons. The molecule has 2 aromatic heterocycles. The maximum Gasteiger partial charge on any atom is 0.266 e. The van der Waals surface area contributed by atoms with E-state index in [1.807, 2.05) is 6.92 Å². The highest BCUT2D eigenvalue weighted by molar-refractivity contribution is 7.20. The zero-order valence-electron chi connectivity index (χ0n) is 13.6. The van der Waals surface area contributed by atoms with E-state index in [1.54, 1.807) is 38.3 Å². The average molecular weight is 343 g/mol. The Kier molecular flexibility index (Phi) is 4.35. The topological polar surface area (TPSA) is 73.2 Å². The first-order chi connectivity index (χ1) is 11.5. The first-order valence-electron chi connectivity index (χ1n) is 7.49. The SMILES string of the molecule is CCn1cnc2sc(C(=O)Nc3ccc(OC)cc3)c(C)c2c1=O. The second kappa shape index (κ2) is 6.45. The lowest BCUT2D eigenvalue weighted by molar-refractivity contribution is 0.103. The van der Waals surface area contributed by atoms with Gasteiger partial charge in [0, 0.05) is 12.2 Å². The van der Waals surface area contributed by atoms with Crippen molar-refractivity contribution in [2.24, 2.45) is 0 Å². The third-order valence-corrected chi connectivity index (χ3v) is 5.01. The van der Waals surface area contributed by atoms with Crippen molar-refractivity contribution in [2.45, 2.75) is 20.4 Å². The zero-order valence-corrected chi connectivity index (χ0v) is 14.4. The molecule has 7 heteroatoms. The summed E-state index contributed by atoms with van der Waals surface area (Å²) in [6, 6.07) is 7.08. The van der Waals surface area contributed by atoms with Crippen LogP contribution >= 0.6 is 11.3 Å². The summed E-state index contributed by atoms with van der Waals surface area (Å²) in [5, 5.41) is 3.36. The molecule has 2 heterocycles. The van der Waals surface area contributed by atoms with Gasteiger partial charge in [0.25, 0.3) is 11.5 Å². The van der Waals surface area contributed by atoms with E-state index >= 15 is 0 Å². The molecule has 0 saturated carbocycles. The number of aryl methyl sites for hydroxylation is 2. The normalized spacial score (nSPS) is 10.8. The Morgan fingerprint density at radius 2 is 2.04 bits per heavy atom. The summed E-state index contributed by atoms with van der Waals surface area (Å²) in [4.78, 5) is 30.4. The maximum atomic E-state index is 12.6. The molecule has 0 aliphatic carbocycles. The van der Waals surface area contributed by atoms with Gasteiger partial charge in [-0.2, -0.15) is 0 Å². The minimum atomic E-state index is -0.247. The van der Waals surface area contributed by atoms with Gasteiger partial charge in [-0.15, -0.1) is 11.3 Å². The van der Waals surface area contributed by atoms with Crippen LogP contribution in [0.1, 0.15) is 22.2 Å². The number of hydrogen-bond acceptors (Lipinski definition) is 5. The predicted molar refractivity (Wildman–Crippen MR) is 95.2 cm³/mol. The molecule has 0 spiro atoms. The van der Waals surface area contributed by atoms with Crippen molar-refractivity contribution in [2.75, 3.05) is 12.4 Å². The molecule has 0 aliphatic heterocycles. The third-order valence-electron chi connectivity index (χ3n) is 3.81. The van der Waals surface area contributed by atoms with Gasteiger partial charge in [0.1, 0.15) is 10.6 Å². The largest absolute Gasteiger partial charge is 0.497 e. The van der Waals surface area contributed by atoms with Crippen LogP contribution in [-0.2, 0) is 6.54 Å². The van der Waals surface area contributed by atoms with Crippen LogP contribution in [0.15, 0.2) is 35.4 Å². The summed E-state index contributed by atoms with van der Waals surface area (Å²) < 4.78 is 6.63. The van der Waals surface area contributed by atoms with E-state index in [9.17, 15) is 9.59 Å². The fourth-order valence-corrected chi connectivity index (χ4v) is 3.50. The fourth-order valence-electron chi connectivity index (χ4n) is 2.46. The summed E-state index contributed by atoms with van der Waals surface area (Å²) in [6.07, 6.45) is 1.52. The van der Waals surface area contributed by atoms with Gasteiger partial charge in [-0.1, -0.05) is 0 Å². The van der Waals surface area contributed by atoms with Crippen molar-refractivity contribution < 1.29 is 9.53 Å². The van der Waals surface area contributed by atoms with Crippen LogP contribution in [0.2, 0.25) is 0 Å². The second-order valence-electron chi connectivity index (χ2n) is 5.25. The number of nitrogens with zero attached hydrogens (tertiary/aromatic N) is 2. The number of ether oxygens (including phenoxy) is 1. The fraction of sp³-hybridized carbons (Fsp3) is 0.235. The smallest absolute Gasteiger partial charge is 0.266 e. The monoisotopic (exact) mass is 343 g/mol. The molecule has 0 radical (unpaired) electrons. The molecule has 3 rings (SSSR count). The number of hydrogen-bond donors (Lipinski definition) is 1. The molecule has 0 saturated heterocycles. The first-order valence-corrected chi connectivity index (χ1v) is 8.30. The van der Waals surface area contributed by atoms with E-state index in [-0.39, 0.29) is 11.5 Å². The highest BCUT2D eigenvalue weighted by atomic mass is 32.1. The Balaban J connectivity index is 1.96. The second-order valence-corrected chi connectivity index (χ2v) is 6.25. The summed E-state index contributed by atoms with van der Waals surface area (Å²) in [5.74, 6) is 0.471. The molecule has 3 aromatic rings. The van der Waals surface area contributed by atoms with Crippen LogP contribution in [0.3, 0.4) is 0 Å². The molecule has 1 amide bonds. The number of rotatable bonds is 4. The quantitative estimate of drug-likeness (QED) is 0.790. The Morgan fingerprint density at radius 3 is 2.67 bits per heavy atom. The number of carbonyl (C=O) groups is 1. The molecule has 0 fully saturated rings.